The Hall–Kier alpha value is -1.65. The lowest BCUT2D eigenvalue weighted by molar-refractivity contribution is -0.676. The van der Waals surface area contributed by atoms with Gasteiger partial charge in [0, 0.05) is 11.6 Å². The molecule has 1 aliphatic carbocycles. The molecule has 23 heavy (non-hydrogen) atoms. The van der Waals surface area contributed by atoms with Gasteiger partial charge < -0.3 is 10.6 Å². The van der Waals surface area contributed by atoms with Crippen LogP contribution in [0.3, 0.4) is 0 Å². The number of benzene rings is 1. The second-order valence-electron chi connectivity index (χ2n) is 6.25. The van der Waals surface area contributed by atoms with E-state index in [-0.39, 0.29) is 11.9 Å². The van der Waals surface area contributed by atoms with E-state index in [4.69, 9.17) is 0 Å². The van der Waals surface area contributed by atoms with Gasteiger partial charge in [0.05, 0.1) is 4.88 Å². The fourth-order valence-electron chi connectivity index (χ4n) is 3.30. The second-order valence-corrected chi connectivity index (χ2v) is 7.23. The molecule has 1 fully saturated rings. The molecule has 0 bridgehead atoms. The first kappa shape index (κ1) is 16.2. The molecule has 1 atom stereocenters. The number of nitrogens with one attached hydrogen (secondary N) is 1. The van der Waals surface area contributed by atoms with E-state index in [1.807, 2.05) is 6.07 Å². The van der Waals surface area contributed by atoms with Crippen LogP contribution in [0.15, 0.2) is 47.8 Å². The molecule has 0 radical (unpaired) electrons. The number of hydrogen-bond acceptors (Lipinski definition) is 2. The fraction of sp³-hybridized carbons (Fsp3) is 0.421. The van der Waals surface area contributed by atoms with Crippen LogP contribution < -0.4 is 10.6 Å². The maximum atomic E-state index is 12.3. The van der Waals surface area contributed by atoms with Crippen LogP contribution in [0.4, 0.5) is 0 Å². The van der Waals surface area contributed by atoms with Gasteiger partial charge in [-0.15, -0.1) is 11.3 Å². The molecule has 0 aliphatic heterocycles. The largest absolute Gasteiger partial charge is 0.348 e. The summed E-state index contributed by atoms with van der Waals surface area (Å²) in [6, 6.07) is 15.3. The molecular formula is C19H25N2OS+. The zero-order chi connectivity index (χ0) is 15.9. The fourth-order valence-corrected chi connectivity index (χ4v) is 4.15. The molecule has 3 rings (SSSR count). The van der Waals surface area contributed by atoms with Gasteiger partial charge in [-0.25, -0.2) is 0 Å². The Kier molecular flexibility index (Phi) is 5.83. The summed E-state index contributed by atoms with van der Waals surface area (Å²) >= 11 is 1.75. The van der Waals surface area contributed by atoms with Gasteiger partial charge in [-0.1, -0.05) is 55.7 Å². The molecule has 3 nitrogen and oxygen atoms in total. The highest BCUT2D eigenvalue weighted by molar-refractivity contribution is 7.10. The molecule has 122 valence electrons. The third kappa shape index (κ3) is 4.66. The van der Waals surface area contributed by atoms with Crippen LogP contribution in [-0.2, 0) is 4.79 Å². The number of amides is 1. The molecule has 0 saturated heterocycles. The highest BCUT2D eigenvalue weighted by Gasteiger charge is 2.21. The van der Waals surface area contributed by atoms with Crippen molar-refractivity contribution >= 4 is 17.2 Å². The van der Waals surface area contributed by atoms with Crippen LogP contribution in [0.5, 0.6) is 0 Å². The molecule has 1 saturated carbocycles. The second kappa shape index (κ2) is 8.27. The van der Waals surface area contributed by atoms with Crippen molar-refractivity contribution in [2.45, 2.75) is 44.2 Å². The van der Waals surface area contributed by atoms with E-state index in [1.54, 1.807) is 11.3 Å². The van der Waals surface area contributed by atoms with Gasteiger partial charge >= 0.3 is 0 Å². The SMILES string of the molecule is O=C(C[NH2+][C@@H](c1ccccc1)c1cccs1)NC1CCCCC1. The minimum Gasteiger partial charge on any atom is -0.348 e. The summed E-state index contributed by atoms with van der Waals surface area (Å²) in [6.45, 7) is 0.480. The monoisotopic (exact) mass is 329 g/mol. The molecule has 2 aromatic rings. The Bertz CT molecular complexity index is 591. The summed E-state index contributed by atoms with van der Waals surface area (Å²) in [5, 5.41) is 7.45. The zero-order valence-corrected chi connectivity index (χ0v) is 14.2. The summed E-state index contributed by atoms with van der Waals surface area (Å²) in [4.78, 5) is 13.6. The molecule has 1 aromatic heterocycles. The lowest BCUT2D eigenvalue weighted by Crippen LogP contribution is -2.87. The first-order valence-electron chi connectivity index (χ1n) is 8.54. The summed E-state index contributed by atoms with van der Waals surface area (Å²) in [5.74, 6) is 0.161. The van der Waals surface area contributed by atoms with Crippen molar-refractivity contribution in [3.8, 4) is 0 Å². The van der Waals surface area contributed by atoms with Gasteiger partial charge in [-0.3, -0.25) is 4.79 Å². The quantitative estimate of drug-likeness (QED) is 0.841. The maximum absolute atomic E-state index is 12.3. The number of quaternary nitrogens is 1. The number of rotatable bonds is 6. The Morgan fingerprint density at radius 1 is 1.13 bits per heavy atom. The third-order valence-electron chi connectivity index (χ3n) is 4.52. The predicted octanol–water partition coefficient (Wildman–Crippen LogP) is 2.85. The van der Waals surface area contributed by atoms with Crippen LogP contribution >= 0.6 is 11.3 Å². The first-order valence-corrected chi connectivity index (χ1v) is 9.42. The Balaban J connectivity index is 1.59. The van der Waals surface area contributed by atoms with Crippen molar-refractivity contribution in [3.05, 3.63) is 58.3 Å². The van der Waals surface area contributed by atoms with Crippen molar-refractivity contribution in [3.63, 3.8) is 0 Å². The molecule has 1 amide bonds. The normalized spacial score (nSPS) is 16.9. The van der Waals surface area contributed by atoms with E-state index < -0.39 is 0 Å². The number of nitrogens with two attached hydrogens (primary N) is 1. The van der Waals surface area contributed by atoms with Crippen molar-refractivity contribution in [2.24, 2.45) is 0 Å². The van der Waals surface area contributed by atoms with Gasteiger partial charge in [-0.2, -0.15) is 0 Å². The van der Waals surface area contributed by atoms with E-state index >= 15 is 0 Å². The van der Waals surface area contributed by atoms with E-state index in [1.165, 1.54) is 29.7 Å². The van der Waals surface area contributed by atoms with Gasteiger partial charge in [0.1, 0.15) is 6.04 Å². The van der Waals surface area contributed by atoms with Gasteiger partial charge in [0.2, 0.25) is 0 Å². The summed E-state index contributed by atoms with van der Waals surface area (Å²) in [7, 11) is 0. The van der Waals surface area contributed by atoms with E-state index in [9.17, 15) is 4.79 Å². The summed E-state index contributed by atoms with van der Waals surface area (Å²) in [6.07, 6.45) is 6.08. The lowest BCUT2D eigenvalue weighted by Gasteiger charge is -2.23. The molecule has 3 N–H and O–H groups in total. The Morgan fingerprint density at radius 3 is 2.61 bits per heavy atom. The average Bonchev–Trinajstić information content (AvgIpc) is 3.11. The van der Waals surface area contributed by atoms with E-state index in [0.717, 1.165) is 12.8 Å². The molecule has 1 heterocycles. The van der Waals surface area contributed by atoms with Crippen LogP contribution in [0, 0.1) is 0 Å². The van der Waals surface area contributed by atoms with Crippen molar-refractivity contribution in [1.29, 1.82) is 0 Å². The molecule has 0 unspecified atom stereocenters. The maximum Gasteiger partial charge on any atom is 0.275 e. The highest BCUT2D eigenvalue weighted by atomic mass is 32.1. The van der Waals surface area contributed by atoms with Crippen LogP contribution in [0.2, 0.25) is 0 Å². The smallest absolute Gasteiger partial charge is 0.275 e. The Morgan fingerprint density at radius 2 is 1.91 bits per heavy atom. The van der Waals surface area contributed by atoms with Crippen molar-refractivity contribution in [1.82, 2.24) is 5.32 Å². The van der Waals surface area contributed by atoms with Gasteiger partial charge in [0.25, 0.3) is 5.91 Å². The minimum atomic E-state index is 0.161. The number of carbonyl (C=O) groups excluding carboxylic acids is 1. The molecule has 1 aliphatic rings. The summed E-state index contributed by atoms with van der Waals surface area (Å²) in [5.41, 5.74) is 1.25. The Labute approximate surface area is 142 Å². The van der Waals surface area contributed by atoms with Crippen molar-refractivity contribution < 1.29 is 10.1 Å². The molecule has 0 spiro atoms. The molecule has 4 heteroatoms. The van der Waals surface area contributed by atoms with Crippen LogP contribution in [0.1, 0.15) is 48.6 Å². The lowest BCUT2D eigenvalue weighted by atomic mass is 9.95. The number of hydrogen-bond donors (Lipinski definition) is 2. The van der Waals surface area contributed by atoms with Crippen LogP contribution in [0.25, 0.3) is 0 Å². The molecule has 1 aromatic carbocycles. The zero-order valence-electron chi connectivity index (χ0n) is 13.4. The standard InChI is InChI=1S/C19H24N2OS/c22-18(21-16-10-5-2-6-11-16)14-20-19(17-12-7-13-23-17)15-8-3-1-4-9-15/h1,3-4,7-9,12-13,16,19-20H,2,5-6,10-11,14H2,(H,21,22)/p+1/t19-/m0/s1. The van der Waals surface area contributed by atoms with Gasteiger partial charge in [0.15, 0.2) is 6.54 Å². The molecular weight excluding hydrogens is 304 g/mol. The number of thiophene rings is 1. The van der Waals surface area contributed by atoms with E-state index in [0.29, 0.717) is 12.6 Å². The van der Waals surface area contributed by atoms with Crippen LogP contribution in [-0.4, -0.2) is 18.5 Å². The topological polar surface area (TPSA) is 45.7 Å². The number of carbonyl (C=O) groups is 1. The van der Waals surface area contributed by atoms with E-state index in [2.05, 4.69) is 52.4 Å². The highest BCUT2D eigenvalue weighted by Crippen LogP contribution is 2.22. The predicted molar refractivity (Wildman–Crippen MR) is 94.4 cm³/mol. The first-order chi connectivity index (χ1) is 11.3. The summed E-state index contributed by atoms with van der Waals surface area (Å²) < 4.78 is 0. The minimum absolute atomic E-state index is 0.161. The van der Waals surface area contributed by atoms with Crippen molar-refractivity contribution in [2.75, 3.05) is 6.54 Å². The van der Waals surface area contributed by atoms with Gasteiger partial charge in [-0.05, 0) is 24.3 Å². The average molecular weight is 329 g/mol. The third-order valence-corrected chi connectivity index (χ3v) is 5.47.